The van der Waals surface area contributed by atoms with Crippen molar-refractivity contribution < 1.29 is 19.1 Å². The number of carbonyl (C=O) groups is 2. The zero-order valence-corrected chi connectivity index (χ0v) is 13.2. The van der Waals surface area contributed by atoms with E-state index in [1.165, 1.54) is 7.11 Å². The van der Waals surface area contributed by atoms with Gasteiger partial charge in [0.15, 0.2) is 0 Å². The van der Waals surface area contributed by atoms with Gasteiger partial charge in [0.1, 0.15) is 18.1 Å². The standard InChI is InChI=1S/C14H22N4O4/c1-10-13-16-11(14(20)15-4-7-21-2)8-17(13)5-6-18(10)12(19)9-22-3/h8,10H,4-7,9H2,1-3H3,(H,15,20)/t10-/m1/s1. The Balaban J connectivity index is 2.08. The molecule has 0 aliphatic carbocycles. The lowest BCUT2D eigenvalue weighted by atomic mass is 10.2. The maximum absolute atomic E-state index is 12.0. The van der Waals surface area contributed by atoms with E-state index in [2.05, 4.69) is 10.3 Å². The minimum Gasteiger partial charge on any atom is -0.383 e. The van der Waals surface area contributed by atoms with Crippen LogP contribution in [0.15, 0.2) is 6.20 Å². The first-order chi connectivity index (χ1) is 10.6. The van der Waals surface area contributed by atoms with E-state index in [1.54, 1.807) is 18.2 Å². The lowest BCUT2D eigenvalue weighted by Gasteiger charge is -2.33. The molecule has 1 N–H and O–H groups in total. The van der Waals surface area contributed by atoms with Crippen LogP contribution in [0.5, 0.6) is 0 Å². The monoisotopic (exact) mass is 310 g/mol. The van der Waals surface area contributed by atoms with Crippen molar-refractivity contribution in [3.05, 3.63) is 17.7 Å². The summed E-state index contributed by atoms with van der Waals surface area (Å²) in [4.78, 5) is 30.1. The van der Waals surface area contributed by atoms with Crippen LogP contribution in [0.1, 0.15) is 29.3 Å². The Labute approximate surface area is 129 Å². The van der Waals surface area contributed by atoms with Crippen molar-refractivity contribution in [2.24, 2.45) is 0 Å². The molecule has 0 bridgehead atoms. The molecule has 2 rings (SSSR count). The van der Waals surface area contributed by atoms with Gasteiger partial charge in [0.2, 0.25) is 5.91 Å². The lowest BCUT2D eigenvalue weighted by Crippen LogP contribution is -2.42. The zero-order chi connectivity index (χ0) is 16.1. The van der Waals surface area contributed by atoms with E-state index < -0.39 is 0 Å². The van der Waals surface area contributed by atoms with Gasteiger partial charge in [0.05, 0.1) is 12.6 Å². The van der Waals surface area contributed by atoms with Crippen molar-refractivity contribution in [2.75, 3.05) is 40.5 Å². The first-order valence-corrected chi connectivity index (χ1v) is 7.21. The number of nitrogens with one attached hydrogen (secondary N) is 1. The Bertz CT molecular complexity index is 543. The maximum Gasteiger partial charge on any atom is 0.271 e. The summed E-state index contributed by atoms with van der Waals surface area (Å²) in [6.07, 6.45) is 1.73. The van der Waals surface area contributed by atoms with E-state index in [0.717, 1.165) is 0 Å². The minimum atomic E-state index is -0.235. The van der Waals surface area contributed by atoms with E-state index in [1.807, 2.05) is 11.5 Å². The molecule has 1 atom stereocenters. The summed E-state index contributed by atoms with van der Waals surface area (Å²) in [7, 11) is 3.07. The van der Waals surface area contributed by atoms with E-state index >= 15 is 0 Å². The van der Waals surface area contributed by atoms with Gasteiger partial charge in [-0.05, 0) is 6.92 Å². The molecule has 2 heterocycles. The molecule has 2 amide bonds. The molecular weight excluding hydrogens is 288 g/mol. The van der Waals surface area contributed by atoms with Gasteiger partial charge in [-0.15, -0.1) is 0 Å². The number of amides is 2. The fourth-order valence-corrected chi connectivity index (χ4v) is 2.50. The fourth-order valence-electron chi connectivity index (χ4n) is 2.50. The number of fused-ring (bicyclic) bond motifs is 1. The highest BCUT2D eigenvalue weighted by Gasteiger charge is 2.30. The Morgan fingerprint density at radius 2 is 2.14 bits per heavy atom. The molecule has 22 heavy (non-hydrogen) atoms. The Hall–Kier alpha value is -1.93. The largest absolute Gasteiger partial charge is 0.383 e. The Kier molecular flexibility index (Phi) is 5.51. The van der Waals surface area contributed by atoms with Crippen LogP contribution in [0.3, 0.4) is 0 Å². The van der Waals surface area contributed by atoms with Gasteiger partial charge in [-0.2, -0.15) is 0 Å². The number of hydrogen-bond donors (Lipinski definition) is 1. The molecule has 8 heteroatoms. The topological polar surface area (TPSA) is 85.7 Å². The number of nitrogens with zero attached hydrogens (tertiary/aromatic N) is 3. The molecule has 1 aromatic rings. The number of methoxy groups -OCH3 is 2. The van der Waals surface area contributed by atoms with Crippen LogP contribution in [0.25, 0.3) is 0 Å². The Morgan fingerprint density at radius 1 is 1.36 bits per heavy atom. The van der Waals surface area contributed by atoms with Gasteiger partial charge in [0, 0.05) is 40.1 Å². The highest BCUT2D eigenvalue weighted by atomic mass is 16.5. The number of aromatic nitrogens is 2. The quantitative estimate of drug-likeness (QED) is 0.736. The summed E-state index contributed by atoms with van der Waals surface area (Å²) in [5, 5.41) is 2.74. The third-order valence-electron chi connectivity index (χ3n) is 3.64. The zero-order valence-electron chi connectivity index (χ0n) is 13.2. The molecule has 8 nitrogen and oxygen atoms in total. The van der Waals surface area contributed by atoms with Crippen molar-refractivity contribution in [3.8, 4) is 0 Å². The van der Waals surface area contributed by atoms with Crippen LogP contribution in [0.2, 0.25) is 0 Å². The second kappa shape index (κ2) is 7.37. The predicted octanol–water partition coefficient (Wildman–Crippen LogP) is -0.191. The van der Waals surface area contributed by atoms with E-state index in [9.17, 15) is 9.59 Å². The molecule has 0 unspecified atom stereocenters. The van der Waals surface area contributed by atoms with Crippen molar-refractivity contribution >= 4 is 11.8 Å². The van der Waals surface area contributed by atoms with E-state index in [4.69, 9.17) is 9.47 Å². The number of ether oxygens (including phenoxy) is 2. The molecule has 1 aromatic heterocycles. The smallest absolute Gasteiger partial charge is 0.271 e. The summed E-state index contributed by atoms with van der Waals surface area (Å²) < 4.78 is 11.7. The van der Waals surface area contributed by atoms with E-state index in [0.29, 0.717) is 37.8 Å². The van der Waals surface area contributed by atoms with Crippen molar-refractivity contribution in [1.82, 2.24) is 19.8 Å². The van der Waals surface area contributed by atoms with Gasteiger partial charge in [0.25, 0.3) is 5.91 Å². The van der Waals surface area contributed by atoms with Gasteiger partial charge in [-0.1, -0.05) is 0 Å². The first-order valence-electron chi connectivity index (χ1n) is 7.21. The maximum atomic E-state index is 12.0. The number of carbonyl (C=O) groups excluding carboxylic acids is 2. The average Bonchev–Trinajstić information content (AvgIpc) is 2.93. The van der Waals surface area contributed by atoms with Crippen LogP contribution in [0.4, 0.5) is 0 Å². The molecular formula is C14H22N4O4. The third kappa shape index (κ3) is 3.45. The molecule has 0 aromatic carbocycles. The normalized spacial score (nSPS) is 17.2. The van der Waals surface area contributed by atoms with Gasteiger partial charge < -0.3 is 24.3 Å². The van der Waals surface area contributed by atoms with Gasteiger partial charge in [-0.25, -0.2) is 4.98 Å². The van der Waals surface area contributed by atoms with Crippen molar-refractivity contribution in [1.29, 1.82) is 0 Å². The second-order valence-corrected chi connectivity index (χ2v) is 5.12. The number of hydrogen-bond acceptors (Lipinski definition) is 5. The van der Waals surface area contributed by atoms with E-state index in [-0.39, 0.29) is 24.5 Å². The average molecular weight is 310 g/mol. The third-order valence-corrected chi connectivity index (χ3v) is 3.64. The van der Waals surface area contributed by atoms with Crippen molar-refractivity contribution in [3.63, 3.8) is 0 Å². The van der Waals surface area contributed by atoms with Crippen LogP contribution >= 0.6 is 0 Å². The summed E-state index contributed by atoms with van der Waals surface area (Å²) in [6, 6.07) is -0.183. The van der Waals surface area contributed by atoms with Gasteiger partial charge in [-0.3, -0.25) is 9.59 Å². The SMILES string of the molecule is COCCNC(=O)c1cn2c(n1)[C@@H](C)N(C(=O)COC)CC2. The molecule has 122 valence electrons. The fraction of sp³-hybridized carbons (Fsp3) is 0.643. The van der Waals surface area contributed by atoms with Crippen LogP contribution in [0, 0.1) is 0 Å². The summed E-state index contributed by atoms with van der Waals surface area (Å²) in [5.74, 6) is 0.406. The summed E-state index contributed by atoms with van der Waals surface area (Å²) in [5.41, 5.74) is 0.360. The highest BCUT2D eigenvalue weighted by Crippen LogP contribution is 2.24. The lowest BCUT2D eigenvalue weighted by molar-refractivity contribution is -0.138. The van der Waals surface area contributed by atoms with Crippen LogP contribution in [-0.2, 0) is 20.8 Å². The molecule has 0 saturated carbocycles. The van der Waals surface area contributed by atoms with Crippen LogP contribution in [-0.4, -0.2) is 66.8 Å². The molecule has 0 spiro atoms. The van der Waals surface area contributed by atoms with Gasteiger partial charge >= 0.3 is 0 Å². The van der Waals surface area contributed by atoms with Crippen LogP contribution < -0.4 is 5.32 Å². The summed E-state index contributed by atoms with van der Waals surface area (Å²) >= 11 is 0. The molecule has 0 saturated heterocycles. The molecule has 0 fully saturated rings. The first kappa shape index (κ1) is 16.4. The second-order valence-electron chi connectivity index (χ2n) is 5.12. The number of imidazole rings is 1. The Morgan fingerprint density at radius 3 is 2.82 bits per heavy atom. The minimum absolute atomic E-state index is 0.0510. The highest BCUT2D eigenvalue weighted by molar-refractivity contribution is 5.92. The number of rotatable bonds is 6. The van der Waals surface area contributed by atoms with Crippen molar-refractivity contribution in [2.45, 2.75) is 19.5 Å². The predicted molar refractivity (Wildman–Crippen MR) is 78.4 cm³/mol. The summed E-state index contributed by atoms with van der Waals surface area (Å²) in [6.45, 7) is 4.04. The molecule has 0 radical (unpaired) electrons. The molecule has 1 aliphatic rings. The molecule has 1 aliphatic heterocycles.